The quantitative estimate of drug-likeness (QED) is 0.670. The number of aromatic nitrogens is 1. The number of carbonyl (C=O) groups excluding carboxylic acids is 1. The van der Waals surface area contributed by atoms with Gasteiger partial charge >= 0.3 is 0 Å². The summed E-state index contributed by atoms with van der Waals surface area (Å²) in [6, 6.07) is 17.4. The SMILES string of the molecule is CC(C)N(C)C(=O)c1cc2ccccc2c(-c2ccccc2Cl)n1. The Bertz CT molecular complexity index is 905. The standard InChI is InChI=1S/C20H19ClN2O/c1-13(2)23(3)20(24)18-12-14-8-4-5-9-15(14)19(22-18)16-10-6-7-11-17(16)21/h4-13H,1-3H3. The van der Waals surface area contributed by atoms with Gasteiger partial charge in [0.1, 0.15) is 5.69 Å². The van der Waals surface area contributed by atoms with Gasteiger partial charge in [-0.15, -0.1) is 0 Å². The Morgan fingerprint density at radius 3 is 2.46 bits per heavy atom. The zero-order valence-electron chi connectivity index (χ0n) is 14.0. The van der Waals surface area contributed by atoms with Crippen LogP contribution in [0.4, 0.5) is 0 Å². The van der Waals surface area contributed by atoms with Gasteiger partial charge in [-0.05, 0) is 31.4 Å². The first-order chi connectivity index (χ1) is 11.5. The number of rotatable bonds is 3. The number of carbonyl (C=O) groups is 1. The summed E-state index contributed by atoms with van der Waals surface area (Å²) < 4.78 is 0. The van der Waals surface area contributed by atoms with Crippen LogP contribution < -0.4 is 0 Å². The molecule has 0 fully saturated rings. The first-order valence-electron chi connectivity index (χ1n) is 7.91. The monoisotopic (exact) mass is 338 g/mol. The van der Waals surface area contributed by atoms with Crippen molar-refractivity contribution in [2.24, 2.45) is 0 Å². The molecule has 0 unspecified atom stereocenters. The summed E-state index contributed by atoms with van der Waals surface area (Å²) >= 11 is 6.37. The summed E-state index contributed by atoms with van der Waals surface area (Å²) in [6.07, 6.45) is 0. The van der Waals surface area contributed by atoms with Crippen molar-refractivity contribution >= 4 is 28.3 Å². The Kier molecular flexibility index (Phi) is 4.54. The van der Waals surface area contributed by atoms with Gasteiger partial charge in [0.25, 0.3) is 5.91 Å². The molecule has 0 saturated carbocycles. The lowest BCUT2D eigenvalue weighted by Gasteiger charge is -2.21. The lowest BCUT2D eigenvalue weighted by molar-refractivity contribution is 0.0749. The molecule has 0 aliphatic carbocycles. The van der Waals surface area contributed by atoms with E-state index in [0.29, 0.717) is 10.7 Å². The van der Waals surface area contributed by atoms with Crippen molar-refractivity contribution in [1.29, 1.82) is 0 Å². The number of hydrogen-bond acceptors (Lipinski definition) is 2. The van der Waals surface area contributed by atoms with E-state index in [0.717, 1.165) is 22.0 Å². The minimum Gasteiger partial charge on any atom is -0.338 e. The van der Waals surface area contributed by atoms with Crippen molar-refractivity contribution < 1.29 is 4.79 Å². The van der Waals surface area contributed by atoms with Crippen molar-refractivity contribution in [1.82, 2.24) is 9.88 Å². The summed E-state index contributed by atoms with van der Waals surface area (Å²) in [6.45, 7) is 3.96. The molecule has 3 aromatic rings. The molecule has 0 N–H and O–H groups in total. The van der Waals surface area contributed by atoms with Crippen LogP contribution in [0.5, 0.6) is 0 Å². The van der Waals surface area contributed by atoms with E-state index in [1.54, 1.807) is 11.9 Å². The first kappa shape index (κ1) is 16.5. The topological polar surface area (TPSA) is 33.2 Å². The summed E-state index contributed by atoms with van der Waals surface area (Å²) in [5, 5.41) is 2.58. The van der Waals surface area contributed by atoms with Gasteiger partial charge in [-0.25, -0.2) is 4.98 Å². The fourth-order valence-corrected chi connectivity index (χ4v) is 2.81. The average molecular weight is 339 g/mol. The van der Waals surface area contributed by atoms with Crippen LogP contribution in [-0.2, 0) is 0 Å². The van der Waals surface area contributed by atoms with E-state index in [1.807, 2.05) is 68.4 Å². The summed E-state index contributed by atoms with van der Waals surface area (Å²) in [7, 11) is 1.79. The largest absolute Gasteiger partial charge is 0.338 e. The second-order valence-electron chi connectivity index (χ2n) is 6.07. The minimum atomic E-state index is -0.0935. The minimum absolute atomic E-state index is 0.0935. The number of nitrogens with zero attached hydrogens (tertiary/aromatic N) is 2. The zero-order chi connectivity index (χ0) is 17.3. The van der Waals surface area contributed by atoms with E-state index in [2.05, 4.69) is 4.98 Å². The fourth-order valence-electron chi connectivity index (χ4n) is 2.58. The third kappa shape index (κ3) is 3.00. The van der Waals surface area contributed by atoms with Crippen LogP contribution in [0.3, 0.4) is 0 Å². The summed E-state index contributed by atoms with van der Waals surface area (Å²) in [4.78, 5) is 19.1. The first-order valence-corrected chi connectivity index (χ1v) is 8.28. The van der Waals surface area contributed by atoms with E-state index < -0.39 is 0 Å². The predicted octanol–water partition coefficient (Wildman–Crippen LogP) is 5.04. The van der Waals surface area contributed by atoms with E-state index in [1.165, 1.54) is 0 Å². The summed E-state index contributed by atoms with van der Waals surface area (Å²) in [5.74, 6) is -0.0935. The highest BCUT2D eigenvalue weighted by Crippen LogP contribution is 2.32. The highest BCUT2D eigenvalue weighted by molar-refractivity contribution is 6.33. The molecule has 1 heterocycles. The highest BCUT2D eigenvalue weighted by Gasteiger charge is 2.19. The predicted molar refractivity (Wildman–Crippen MR) is 99.4 cm³/mol. The second kappa shape index (κ2) is 6.62. The Morgan fingerprint density at radius 1 is 1.08 bits per heavy atom. The van der Waals surface area contributed by atoms with Gasteiger partial charge in [-0.1, -0.05) is 54.1 Å². The van der Waals surface area contributed by atoms with Crippen LogP contribution in [0.15, 0.2) is 54.6 Å². The van der Waals surface area contributed by atoms with Crippen molar-refractivity contribution in [2.45, 2.75) is 19.9 Å². The molecule has 122 valence electrons. The number of halogens is 1. The molecule has 0 aliphatic rings. The number of hydrogen-bond donors (Lipinski definition) is 0. The van der Waals surface area contributed by atoms with Crippen LogP contribution in [0.2, 0.25) is 5.02 Å². The Labute approximate surface area is 146 Å². The molecule has 2 aromatic carbocycles. The molecular weight excluding hydrogens is 320 g/mol. The van der Waals surface area contributed by atoms with Crippen LogP contribution in [0.1, 0.15) is 24.3 Å². The highest BCUT2D eigenvalue weighted by atomic mass is 35.5. The summed E-state index contributed by atoms with van der Waals surface area (Å²) in [5.41, 5.74) is 2.00. The third-order valence-electron chi connectivity index (χ3n) is 4.18. The smallest absolute Gasteiger partial charge is 0.272 e. The molecular formula is C20H19ClN2O. The zero-order valence-corrected chi connectivity index (χ0v) is 14.7. The molecule has 0 saturated heterocycles. The van der Waals surface area contributed by atoms with Gasteiger partial charge in [0, 0.05) is 29.1 Å². The van der Waals surface area contributed by atoms with Gasteiger partial charge in [-0.3, -0.25) is 4.79 Å². The Balaban J connectivity index is 2.25. The number of benzene rings is 2. The molecule has 3 rings (SSSR count). The second-order valence-corrected chi connectivity index (χ2v) is 6.47. The number of amides is 1. The molecule has 0 radical (unpaired) electrons. The van der Waals surface area contributed by atoms with Gasteiger partial charge in [-0.2, -0.15) is 0 Å². The van der Waals surface area contributed by atoms with Gasteiger partial charge in [0.2, 0.25) is 0 Å². The van der Waals surface area contributed by atoms with Gasteiger partial charge < -0.3 is 4.90 Å². The van der Waals surface area contributed by atoms with Crippen molar-refractivity contribution in [2.75, 3.05) is 7.05 Å². The average Bonchev–Trinajstić information content (AvgIpc) is 2.60. The molecule has 4 heteroatoms. The van der Waals surface area contributed by atoms with Crippen molar-refractivity contribution in [3.05, 3.63) is 65.3 Å². The third-order valence-corrected chi connectivity index (χ3v) is 4.51. The molecule has 24 heavy (non-hydrogen) atoms. The van der Waals surface area contributed by atoms with Crippen LogP contribution in [0, 0.1) is 0 Å². The molecule has 3 nitrogen and oxygen atoms in total. The van der Waals surface area contributed by atoms with Crippen LogP contribution in [0.25, 0.3) is 22.0 Å². The van der Waals surface area contributed by atoms with Crippen LogP contribution >= 0.6 is 11.6 Å². The normalized spacial score (nSPS) is 11.0. The molecule has 0 aliphatic heterocycles. The van der Waals surface area contributed by atoms with E-state index >= 15 is 0 Å². The molecule has 1 amide bonds. The van der Waals surface area contributed by atoms with Gasteiger partial charge in [0.15, 0.2) is 0 Å². The molecule has 0 spiro atoms. The molecule has 0 bridgehead atoms. The van der Waals surface area contributed by atoms with Crippen molar-refractivity contribution in [3.8, 4) is 11.3 Å². The molecule has 0 atom stereocenters. The van der Waals surface area contributed by atoms with E-state index in [9.17, 15) is 4.79 Å². The maximum atomic E-state index is 12.7. The lowest BCUT2D eigenvalue weighted by Crippen LogP contribution is -2.33. The van der Waals surface area contributed by atoms with E-state index in [4.69, 9.17) is 11.6 Å². The maximum absolute atomic E-state index is 12.7. The molecule has 1 aromatic heterocycles. The Hall–Kier alpha value is -2.39. The maximum Gasteiger partial charge on any atom is 0.272 e. The lowest BCUT2D eigenvalue weighted by atomic mass is 10.0. The number of pyridine rings is 1. The van der Waals surface area contributed by atoms with Gasteiger partial charge in [0.05, 0.1) is 5.69 Å². The number of fused-ring (bicyclic) bond motifs is 1. The van der Waals surface area contributed by atoms with Crippen LogP contribution in [-0.4, -0.2) is 28.9 Å². The Morgan fingerprint density at radius 2 is 1.75 bits per heavy atom. The van der Waals surface area contributed by atoms with Crippen molar-refractivity contribution in [3.63, 3.8) is 0 Å². The van der Waals surface area contributed by atoms with E-state index in [-0.39, 0.29) is 11.9 Å². The fraction of sp³-hybridized carbons (Fsp3) is 0.200.